The van der Waals surface area contributed by atoms with Crippen molar-refractivity contribution in [3.63, 3.8) is 0 Å². The first-order chi connectivity index (χ1) is 3.84. The lowest BCUT2D eigenvalue weighted by molar-refractivity contribution is 0.332. The Morgan fingerprint density at radius 3 is 2.75 bits per heavy atom. The van der Waals surface area contributed by atoms with E-state index >= 15 is 0 Å². The fraction of sp³-hybridized carbons (Fsp3) is 0.800. The van der Waals surface area contributed by atoms with Crippen molar-refractivity contribution in [2.75, 3.05) is 6.54 Å². The average molecular weight is 114 g/mol. The molecule has 44 valence electrons. The zero-order chi connectivity index (χ0) is 5.98. The highest BCUT2D eigenvalue weighted by molar-refractivity contribution is 4.99. The van der Waals surface area contributed by atoms with Gasteiger partial charge in [0, 0.05) is 0 Å². The van der Waals surface area contributed by atoms with Crippen LogP contribution in [0, 0.1) is 11.3 Å². The van der Waals surface area contributed by atoms with E-state index < -0.39 is 12.2 Å². The summed E-state index contributed by atoms with van der Waals surface area (Å²) in [5, 5.41) is 10.9. The molecule has 0 aromatic rings. The van der Waals surface area contributed by atoms with Crippen LogP contribution in [-0.2, 0) is 0 Å². The molecule has 1 heterocycles. The van der Waals surface area contributed by atoms with Gasteiger partial charge in [0.05, 0.1) is 6.07 Å². The molecule has 0 radical (unpaired) electrons. The molecule has 0 aromatic heterocycles. The minimum Gasteiger partial charge on any atom is -0.299 e. The molecule has 0 spiro atoms. The van der Waals surface area contributed by atoms with Gasteiger partial charge in [0.15, 0.2) is 0 Å². The first-order valence-electron chi connectivity index (χ1n) is 2.61. The molecule has 1 rings (SSSR count). The number of hydrogen-bond acceptors (Lipinski definition) is 2. The molecule has 2 nitrogen and oxygen atoms in total. The number of nitrogens with zero attached hydrogens (tertiary/aromatic N) is 1. The molecule has 0 saturated carbocycles. The Morgan fingerprint density at radius 1 is 1.75 bits per heavy atom. The fourth-order valence-electron chi connectivity index (χ4n) is 0.798. The maximum Gasteiger partial charge on any atom is 0.130 e. The number of hydrogen-bond donors (Lipinski definition) is 1. The maximum absolute atomic E-state index is 12.3. The Labute approximate surface area is 47.3 Å². The number of nitriles is 1. The van der Waals surface area contributed by atoms with Crippen molar-refractivity contribution in [1.29, 1.82) is 5.26 Å². The van der Waals surface area contributed by atoms with Gasteiger partial charge in [-0.25, -0.2) is 4.39 Å². The Balaban J connectivity index is 2.45. The van der Waals surface area contributed by atoms with Gasteiger partial charge in [-0.05, 0) is 13.0 Å². The quantitative estimate of drug-likeness (QED) is 0.488. The highest BCUT2D eigenvalue weighted by atomic mass is 19.1. The zero-order valence-electron chi connectivity index (χ0n) is 4.39. The maximum atomic E-state index is 12.3. The third-order valence-corrected chi connectivity index (χ3v) is 1.29. The largest absolute Gasteiger partial charge is 0.299 e. The standard InChI is InChI=1S/C5H7FN2/c6-4-1-2-8-5(4)3-7/h4-5,8H,1-2H2. The van der Waals surface area contributed by atoms with E-state index in [9.17, 15) is 4.39 Å². The minimum atomic E-state index is -0.944. The van der Waals surface area contributed by atoms with Gasteiger partial charge in [-0.1, -0.05) is 0 Å². The van der Waals surface area contributed by atoms with E-state index in [0.29, 0.717) is 13.0 Å². The van der Waals surface area contributed by atoms with Crippen molar-refractivity contribution in [2.45, 2.75) is 18.6 Å². The molecule has 0 bridgehead atoms. The first kappa shape index (κ1) is 5.52. The van der Waals surface area contributed by atoms with Crippen molar-refractivity contribution in [3.05, 3.63) is 0 Å². The molecule has 0 aliphatic carbocycles. The van der Waals surface area contributed by atoms with E-state index in [2.05, 4.69) is 5.32 Å². The van der Waals surface area contributed by atoms with Crippen LogP contribution in [0.4, 0.5) is 4.39 Å². The number of halogens is 1. The van der Waals surface area contributed by atoms with E-state index in [1.807, 2.05) is 6.07 Å². The molecule has 2 atom stereocenters. The molecular weight excluding hydrogens is 107 g/mol. The monoisotopic (exact) mass is 114 g/mol. The molecule has 1 fully saturated rings. The van der Waals surface area contributed by atoms with Gasteiger partial charge < -0.3 is 0 Å². The van der Waals surface area contributed by atoms with Gasteiger partial charge in [-0.2, -0.15) is 5.26 Å². The second-order valence-corrected chi connectivity index (χ2v) is 1.87. The van der Waals surface area contributed by atoms with E-state index in [1.54, 1.807) is 0 Å². The summed E-state index contributed by atoms with van der Waals surface area (Å²) in [5.41, 5.74) is 0. The van der Waals surface area contributed by atoms with Crippen LogP contribution in [0.15, 0.2) is 0 Å². The smallest absolute Gasteiger partial charge is 0.130 e. The summed E-state index contributed by atoms with van der Waals surface area (Å²) in [6, 6.07) is 1.28. The second kappa shape index (κ2) is 2.10. The first-order valence-corrected chi connectivity index (χ1v) is 2.61. The summed E-state index contributed by atoms with van der Waals surface area (Å²) in [5.74, 6) is 0. The Hall–Kier alpha value is -0.620. The molecule has 1 N–H and O–H groups in total. The van der Waals surface area contributed by atoms with Crippen molar-refractivity contribution < 1.29 is 4.39 Å². The number of alkyl halides is 1. The lowest BCUT2D eigenvalue weighted by Gasteiger charge is -1.98. The normalized spacial score (nSPS) is 37.0. The highest BCUT2D eigenvalue weighted by Gasteiger charge is 2.25. The van der Waals surface area contributed by atoms with Gasteiger partial charge in [0.2, 0.25) is 0 Å². The summed E-state index contributed by atoms with van der Waals surface area (Å²) >= 11 is 0. The topological polar surface area (TPSA) is 35.8 Å². The highest BCUT2D eigenvalue weighted by Crippen LogP contribution is 2.08. The van der Waals surface area contributed by atoms with Crippen LogP contribution in [0.1, 0.15) is 6.42 Å². The third-order valence-electron chi connectivity index (χ3n) is 1.29. The van der Waals surface area contributed by atoms with Gasteiger partial charge in [-0.3, -0.25) is 5.32 Å². The van der Waals surface area contributed by atoms with Crippen LogP contribution in [0.3, 0.4) is 0 Å². The van der Waals surface area contributed by atoms with Crippen molar-refractivity contribution in [3.8, 4) is 6.07 Å². The van der Waals surface area contributed by atoms with Gasteiger partial charge >= 0.3 is 0 Å². The Morgan fingerprint density at radius 2 is 2.50 bits per heavy atom. The molecule has 0 aromatic carbocycles. The van der Waals surface area contributed by atoms with Crippen molar-refractivity contribution >= 4 is 0 Å². The zero-order valence-corrected chi connectivity index (χ0v) is 4.39. The Bertz CT molecular complexity index is 118. The fourth-order valence-corrected chi connectivity index (χ4v) is 0.798. The lowest BCUT2D eigenvalue weighted by Crippen LogP contribution is -2.25. The van der Waals surface area contributed by atoms with E-state index in [1.165, 1.54) is 0 Å². The Kier molecular flexibility index (Phi) is 1.45. The average Bonchev–Trinajstić information content (AvgIpc) is 2.14. The molecular formula is C5H7FN2. The number of rotatable bonds is 0. The van der Waals surface area contributed by atoms with E-state index in [4.69, 9.17) is 5.26 Å². The van der Waals surface area contributed by atoms with Crippen LogP contribution in [0.25, 0.3) is 0 Å². The molecule has 0 amide bonds. The predicted molar refractivity (Wildman–Crippen MR) is 26.9 cm³/mol. The van der Waals surface area contributed by atoms with Crippen LogP contribution < -0.4 is 5.32 Å². The summed E-state index contributed by atoms with van der Waals surface area (Å²) in [7, 11) is 0. The van der Waals surface area contributed by atoms with Gasteiger partial charge in [-0.15, -0.1) is 0 Å². The molecule has 1 saturated heterocycles. The van der Waals surface area contributed by atoms with E-state index in [0.717, 1.165) is 0 Å². The molecule has 1 aliphatic heterocycles. The van der Waals surface area contributed by atoms with Gasteiger partial charge in [0.1, 0.15) is 12.2 Å². The summed E-state index contributed by atoms with van der Waals surface area (Å²) < 4.78 is 12.3. The summed E-state index contributed by atoms with van der Waals surface area (Å²) in [4.78, 5) is 0. The summed E-state index contributed by atoms with van der Waals surface area (Å²) in [6.45, 7) is 0.638. The van der Waals surface area contributed by atoms with Crippen LogP contribution >= 0.6 is 0 Å². The molecule has 2 unspecified atom stereocenters. The van der Waals surface area contributed by atoms with Crippen molar-refractivity contribution in [2.24, 2.45) is 0 Å². The van der Waals surface area contributed by atoms with Crippen molar-refractivity contribution in [1.82, 2.24) is 5.32 Å². The predicted octanol–water partition coefficient (Wildman–Crippen LogP) is 0.210. The lowest BCUT2D eigenvalue weighted by atomic mass is 10.2. The minimum absolute atomic E-state index is 0.484. The van der Waals surface area contributed by atoms with Crippen LogP contribution in [0.2, 0.25) is 0 Å². The molecule has 8 heavy (non-hydrogen) atoms. The van der Waals surface area contributed by atoms with E-state index in [-0.39, 0.29) is 0 Å². The molecule has 3 heteroatoms. The number of nitrogens with one attached hydrogen (secondary N) is 1. The summed E-state index contributed by atoms with van der Waals surface area (Å²) in [6.07, 6.45) is -0.460. The SMILES string of the molecule is N#CC1NCCC1F. The second-order valence-electron chi connectivity index (χ2n) is 1.87. The van der Waals surface area contributed by atoms with Gasteiger partial charge in [0.25, 0.3) is 0 Å². The molecule has 1 aliphatic rings. The third kappa shape index (κ3) is 0.797. The van der Waals surface area contributed by atoms with Crippen LogP contribution in [0.5, 0.6) is 0 Å². The van der Waals surface area contributed by atoms with Crippen LogP contribution in [-0.4, -0.2) is 18.8 Å².